The first kappa shape index (κ1) is 20.1. The average Bonchev–Trinajstić information content (AvgIpc) is 3.35. The minimum absolute atomic E-state index is 0.296. The van der Waals surface area contributed by atoms with Crippen molar-refractivity contribution >= 4 is 27.3 Å². The molecule has 2 aromatic carbocycles. The van der Waals surface area contributed by atoms with Crippen LogP contribution in [0.2, 0.25) is 0 Å². The van der Waals surface area contributed by atoms with Crippen LogP contribution in [-0.2, 0) is 11.3 Å². The van der Waals surface area contributed by atoms with E-state index in [1.54, 1.807) is 0 Å². The Labute approximate surface area is 176 Å². The third-order valence-electron chi connectivity index (χ3n) is 5.66. The summed E-state index contributed by atoms with van der Waals surface area (Å²) < 4.78 is 6.94. The fraction of sp³-hybridized carbons (Fsp3) is 0.375. The number of amides is 1. The van der Waals surface area contributed by atoms with E-state index in [4.69, 9.17) is 10.5 Å². The lowest BCUT2D eigenvalue weighted by molar-refractivity contribution is 0.100. The molecular formula is C24H28N2O2S. The highest BCUT2D eigenvalue weighted by Crippen LogP contribution is 2.39. The Morgan fingerprint density at radius 2 is 1.90 bits per heavy atom. The number of hydrogen-bond acceptors (Lipinski definition) is 4. The van der Waals surface area contributed by atoms with E-state index in [1.165, 1.54) is 27.8 Å². The van der Waals surface area contributed by atoms with Crippen LogP contribution in [0.15, 0.2) is 54.6 Å². The fourth-order valence-electron chi connectivity index (χ4n) is 4.23. The maximum atomic E-state index is 12.0. The number of benzene rings is 2. The molecule has 0 aliphatic carbocycles. The third kappa shape index (κ3) is 4.86. The summed E-state index contributed by atoms with van der Waals surface area (Å²) in [5, 5.41) is 1.20. The number of unbranched alkanes of at least 4 members (excludes halogenated alkanes) is 1. The molecule has 152 valence electrons. The lowest BCUT2D eigenvalue weighted by Crippen LogP contribution is -2.22. The van der Waals surface area contributed by atoms with Crippen molar-refractivity contribution in [2.45, 2.75) is 31.8 Å². The van der Waals surface area contributed by atoms with Crippen LogP contribution in [0, 0.1) is 0 Å². The number of carbonyl (C=O) groups excluding carboxylic acids is 1. The van der Waals surface area contributed by atoms with Crippen LogP contribution in [0.3, 0.4) is 0 Å². The first-order chi connectivity index (χ1) is 14.2. The van der Waals surface area contributed by atoms with Crippen molar-refractivity contribution in [3.8, 4) is 0 Å². The smallest absolute Gasteiger partial charge is 0.259 e. The van der Waals surface area contributed by atoms with Crippen molar-refractivity contribution in [2.24, 2.45) is 5.73 Å². The van der Waals surface area contributed by atoms with Gasteiger partial charge in [0.25, 0.3) is 5.91 Å². The second-order valence-corrected chi connectivity index (χ2v) is 8.79. The van der Waals surface area contributed by atoms with Crippen molar-refractivity contribution in [2.75, 3.05) is 26.2 Å². The van der Waals surface area contributed by atoms with Crippen LogP contribution in [0.5, 0.6) is 0 Å². The lowest BCUT2D eigenvalue weighted by Gasteiger charge is -2.16. The van der Waals surface area contributed by atoms with Crippen LogP contribution >= 0.6 is 11.3 Å². The number of ether oxygens (including phenoxy) is 1. The van der Waals surface area contributed by atoms with Gasteiger partial charge in [0.2, 0.25) is 0 Å². The number of hydrogen-bond donors (Lipinski definition) is 1. The third-order valence-corrected chi connectivity index (χ3v) is 6.86. The van der Waals surface area contributed by atoms with Gasteiger partial charge in [-0.2, -0.15) is 0 Å². The quantitative estimate of drug-likeness (QED) is 0.518. The zero-order valence-corrected chi connectivity index (χ0v) is 17.5. The molecule has 1 aliphatic rings. The molecule has 0 bridgehead atoms. The van der Waals surface area contributed by atoms with Gasteiger partial charge in [-0.05, 0) is 54.9 Å². The summed E-state index contributed by atoms with van der Waals surface area (Å²) in [5.74, 6) is 0.0956. The van der Waals surface area contributed by atoms with Crippen molar-refractivity contribution in [3.05, 3.63) is 70.6 Å². The average molecular weight is 409 g/mol. The van der Waals surface area contributed by atoms with E-state index >= 15 is 0 Å². The van der Waals surface area contributed by atoms with E-state index in [0.29, 0.717) is 12.5 Å². The first-order valence-electron chi connectivity index (χ1n) is 10.4. The predicted octanol–water partition coefficient (Wildman–Crippen LogP) is 4.79. The summed E-state index contributed by atoms with van der Waals surface area (Å²) in [7, 11) is 0. The van der Waals surface area contributed by atoms with E-state index in [9.17, 15) is 4.79 Å². The number of rotatable bonds is 9. The van der Waals surface area contributed by atoms with Gasteiger partial charge in [0, 0.05) is 23.8 Å². The molecule has 5 heteroatoms. The van der Waals surface area contributed by atoms with Gasteiger partial charge in [-0.25, -0.2) is 0 Å². The fourth-order valence-corrected chi connectivity index (χ4v) is 5.37. The van der Waals surface area contributed by atoms with Crippen LogP contribution in [0.25, 0.3) is 10.1 Å². The summed E-state index contributed by atoms with van der Waals surface area (Å²) in [6.45, 7) is 4.66. The highest BCUT2D eigenvalue weighted by atomic mass is 32.1. The van der Waals surface area contributed by atoms with Crippen molar-refractivity contribution in [1.82, 2.24) is 4.90 Å². The molecule has 1 aromatic heterocycles. The second kappa shape index (κ2) is 9.53. The molecule has 2 heterocycles. The highest BCUT2D eigenvalue weighted by molar-refractivity contribution is 7.21. The van der Waals surface area contributed by atoms with Crippen molar-refractivity contribution in [1.29, 1.82) is 0 Å². The van der Waals surface area contributed by atoms with Crippen LogP contribution in [-0.4, -0.2) is 37.0 Å². The summed E-state index contributed by atoms with van der Waals surface area (Å²) in [6.07, 6.45) is 3.29. The molecule has 1 saturated heterocycles. The summed E-state index contributed by atoms with van der Waals surface area (Å²) in [6, 6.07) is 18.6. The van der Waals surface area contributed by atoms with Gasteiger partial charge in [0.05, 0.1) is 11.5 Å². The molecule has 1 fully saturated rings. The molecule has 1 aliphatic heterocycles. The van der Waals surface area contributed by atoms with E-state index in [-0.39, 0.29) is 5.91 Å². The monoisotopic (exact) mass is 408 g/mol. The Kier molecular flexibility index (Phi) is 6.60. The Hall–Kier alpha value is -2.21. The summed E-state index contributed by atoms with van der Waals surface area (Å²) >= 11 is 1.54. The molecule has 0 spiro atoms. The van der Waals surface area contributed by atoms with Gasteiger partial charge < -0.3 is 15.4 Å². The number of primary amides is 1. The summed E-state index contributed by atoms with van der Waals surface area (Å²) in [4.78, 5) is 15.3. The topological polar surface area (TPSA) is 55.6 Å². The molecular weight excluding hydrogens is 380 g/mol. The maximum Gasteiger partial charge on any atom is 0.259 e. The zero-order chi connectivity index (χ0) is 20.1. The number of likely N-dealkylation sites (tertiary alicyclic amines) is 1. The largest absolute Gasteiger partial charge is 0.377 e. The Morgan fingerprint density at radius 1 is 1.10 bits per heavy atom. The lowest BCUT2D eigenvalue weighted by atomic mass is 9.95. The minimum atomic E-state index is -0.296. The molecule has 1 amide bonds. The second-order valence-electron chi connectivity index (χ2n) is 7.74. The van der Waals surface area contributed by atoms with Gasteiger partial charge in [-0.3, -0.25) is 4.79 Å². The Morgan fingerprint density at radius 3 is 2.72 bits per heavy atom. The maximum absolute atomic E-state index is 12.0. The van der Waals surface area contributed by atoms with Crippen molar-refractivity contribution < 1.29 is 9.53 Å². The number of nitrogens with two attached hydrogens (primary N) is 1. The molecule has 4 rings (SSSR count). The van der Waals surface area contributed by atoms with E-state index in [0.717, 1.165) is 55.1 Å². The van der Waals surface area contributed by atoms with Gasteiger partial charge in [0.15, 0.2) is 0 Å². The minimum Gasteiger partial charge on any atom is -0.377 e. The highest BCUT2D eigenvalue weighted by Gasteiger charge is 2.29. The van der Waals surface area contributed by atoms with E-state index < -0.39 is 0 Å². The van der Waals surface area contributed by atoms with Crippen LogP contribution in [0.4, 0.5) is 0 Å². The molecule has 1 unspecified atom stereocenters. The van der Waals surface area contributed by atoms with E-state index in [1.807, 2.05) is 30.3 Å². The number of nitrogens with zero attached hydrogens (tertiary/aromatic N) is 1. The SMILES string of the molecule is NC(=O)c1sc2ccccc2c1C1CCN(CCCCOCc2ccccc2)C1. The first-order valence-corrected chi connectivity index (χ1v) is 11.2. The van der Waals surface area contributed by atoms with Crippen LogP contribution < -0.4 is 5.73 Å². The zero-order valence-electron chi connectivity index (χ0n) is 16.7. The molecule has 2 N–H and O–H groups in total. The van der Waals surface area contributed by atoms with Crippen molar-refractivity contribution in [3.63, 3.8) is 0 Å². The summed E-state index contributed by atoms with van der Waals surface area (Å²) in [5.41, 5.74) is 8.09. The molecule has 0 saturated carbocycles. The normalized spacial score (nSPS) is 17.2. The van der Waals surface area contributed by atoms with Gasteiger partial charge in [-0.15, -0.1) is 11.3 Å². The molecule has 3 aromatic rings. The molecule has 0 radical (unpaired) electrons. The molecule has 29 heavy (non-hydrogen) atoms. The van der Waals surface area contributed by atoms with Crippen LogP contribution in [0.1, 0.15) is 46.0 Å². The number of thiophene rings is 1. The number of carbonyl (C=O) groups is 1. The molecule has 4 nitrogen and oxygen atoms in total. The predicted molar refractivity (Wildman–Crippen MR) is 119 cm³/mol. The number of fused-ring (bicyclic) bond motifs is 1. The Balaban J connectivity index is 1.26. The van der Waals surface area contributed by atoms with Gasteiger partial charge in [0.1, 0.15) is 0 Å². The van der Waals surface area contributed by atoms with E-state index in [2.05, 4.69) is 29.2 Å². The Bertz CT molecular complexity index is 954. The molecule has 1 atom stereocenters. The van der Waals surface area contributed by atoms with Gasteiger partial charge in [-0.1, -0.05) is 48.5 Å². The van der Waals surface area contributed by atoms with Gasteiger partial charge >= 0.3 is 0 Å². The standard InChI is InChI=1S/C24H28N2O2S/c25-24(27)23-22(20-10-4-5-11-21(20)29-23)19-12-14-26(16-19)13-6-7-15-28-17-18-8-2-1-3-9-18/h1-5,8-11,19H,6-7,12-17H2,(H2,25,27).